The average Bonchev–Trinajstić information content (AvgIpc) is 2.81. The number of carbonyl (C=O) groups is 2. The van der Waals surface area contributed by atoms with Crippen molar-refractivity contribution in [1.82, 2.24) is 25.6 Å². The van der Waals surface area contributed by atoms with Gasteiger partial charge in [-0.1, -0.05) is 6.92 Å². The lowest BCUT2D eigenvalue weighted by Gasteiger charge is -2.33. The van der Waals surface area contributed by atoms with Crippen LogP contribution in [0.2, 0.25) is 0 Å². The summed E-state index contributed by atoms with van der Waals surface area (Å²) < 4.78 is 0. The topological polar surface area (TPSA) is 91.0 Å². The molecule has 2 N–H and O–H groups in total. The van der Waals surface area contributed by atoms with E-state index < -0.39 is 6.04 Å². The molecular formula is C9H13N5O2. The van der Waals surface area contributed by atoms with Crippen LogP contribution in [0.5, 0.6) is 0 Å². The predicted molar refractivity (Wildman–Crippen MR) is 54.5 cm³/mol. The zero-order chi connectivity index (χ0) is 11.5. The van der Waals surface area contributed by atoms with Gasteiger partial charge in [0.05, 0.1) is 6.20 Å². The molecule has 16 heavy (non-hydrogen) atoms. The van der Waals surface area contributed by atoms with Crippen molar-refractivity contribution < 1.29 is 9.59 Å². The Bertz CT molecular complexity index is 389. The summed E-state index contributed by atoms with van der Waals surface area (Å²) in [5.41, 5.74) is 0.244. The molecule has 86 valence electrons. The Morgan fingerprint density at radius 1 is 1.69 bits per heavy atom. The van der Waals surface area contributed by atoms with Gasteiger partial charge in [-0.05, 0) is 6.42 Å². The molecule has 1 aromatic heterocycles. The maximum absolute atomic E-state index is 12.0. The quantitative estimate of drug-likeness (QED) is 0.683. The predicted octanol–water partition coefficient (Wildman–Crippen LogP) is -0.845. The number of H-pyrrole nitrogens is 1. The third-order valence-electron chi connectivity index (χ3n) is 2.61. The zero-order valence-electron chi connectivity index (χ0n) is 8.93. The molecular weight excluding hydrogens is 210 g/mol. The van der Waals surface area contributed by atoms with Crippen molar-refractivity contribution in [2.45, 2.75) is 19.4 Å². The molecule has 1 saturated heterocycles. The first kappa shape index (κ1) is 10.6. The fraction of sp³-hybridized carbons (Fsp3) is 0.556. The second-order valence-electron chi connectivity index (χ2n) is 3.57. The molecule has 7 nitrogen and oxygen atoms in total. The molecule has 0 radical (unpaired) electrons. The first-order valence-electron chi connectivity index (χ1n) is 5.18. The van der Waals surface area contributed by atoms with Gasteiger partial charge in [0.25, 0.3) is 5.91 Å². The Morgan fingerprint density at radius 3 is 3.12 bits per heavy atom. The summed E-state index contributed by atoms with van der Waals surface area (Å²) in [4.78, 5) is 25.1. The van der Waals surface area contributed by atoms with Crippen LogP contribution in [0.1, 0.15) is 23.8 Å². The van der Waals surface area contributed by atoms with Crippen molar-refractivity contribution in [1.29, 1.82) is 0 Å². The van der Waals surface area contributed by atoms with Crippen LogP contribution in [0, 0.1) is 0 Å². The molecule has 1 atom stereocenters. The van der Waals surface area contributed by atoms with Crippen LogP contribution in [0.4, 0.5) is 0 Å². The molecule has 0 aromatic carbocycles. The van der Waals surface area contributed by atoms with E-state index in [4.69, 9.17) is 0 Å². The van der Waals surface area contributed by atoms with Gasteiger partial charge in [-0.15, -0.1) is 0 Å². The molecule has 0 spiro atoms. The van der Waals surface area contributed by atoms with Crippen molar-refractivity contribution >= 4 is 11.8 Å². The van der Waals surface area contributed by atoms with E-state index in [9.17, 15) is 9.59 Å². The maximum Gasteiger partial charge on any atom is 0.276 e. The Labute approximate surface area is 92.2 Å². The lowest BCUT2D eigenvalue weighted by molar-refractivity contribution is -0.127. The van der Waals surface area contributed by atoms with Gasteiger partial charge in [-0.2, -0.15) is 15.4 Å². The summed E-state index contributed by atoms with van der Waals surface area (Å²) in [5.74, 6) is -0.360. The lowest BCUT2D eigenvalue weighted by atomic mass is 10.1. The molecule has 1 aliphatic rings. The molecule has 2 rings (SSSR count). The SMILES string of the molecule is CCC1C(=O)NCCN1C(=O)c1cn[nH]n1. The number of aromatic nitrogens is 3. The molecule has 0 aliphatic carbocycles. The zero-order valence-corrected chi connectivity index (χ0v) is 8.93. The largest absolute Gasteiger partial charge is 0.353 e. The number of rotatable bonds is 2. The average molecular weight is 223 g/mol. The molecule has 0 bridgehead atoms. The summed E-state index contributed by atoms with van der Waals surface area (Å²) in [5, 5.41) is 12.4. The molecule has 1 aliphatic heterocycles. The maximum atomic E-state index is 12.0. The fourth-order valence-electron chi connectivity index (χ4n) is 1.82. The normalized spacial score (nSPS) is 20.7. The van der Waals surface area contributed by atoms with E-state index in [1.807, 2.05) is 6.92 Å². The number of hydrogen-bond acceptors (Lipinski definition) is 4. The standard InChI is InChI=1S/C9H13N5O2/c1-2-7-8(15)10-3-4-14(7)9(16)6-5-11-13-12-6/h5,7H,2-4H2,1H3,(H,10,15)(H,11,12,13). The first-order chi connectivity index (χ1) is 7.74. The molecule has 2 amide bonds. The van der Waals surface area contributed by atoms with Gasteiger partial charge in [-0.3, -0.25) is 9.59 Å². The van der Waals surface area contributed by atoms with Crippen LogP contribution in [-0.2, 0) is 4.79 Å². The van der Waals surface area contributed by atoms with Gasteiger partial charge in [-0.25, -0.2) is 0 Å². The van der Waals surface area contributed by atoms with Gasteiger partial charge >= 0.3 is 0 Å². The summed E-state index contributed by atoms with van der Waals surface area (Å²) >= 11 is 0. The number of carbonyl (C=O) groups excluding carboxylic acids is 2. The summed E-state index contributed by atoms with van der Waals surface area (Å²) in [6, 6.07) is -0.405. The monoisotopic (exact) mass is 223 g/mol. The van der Waals surface area contributed by atoms with Crippen LogP contribution >= 0.6 is 0 Å². The highest BCUT2D eigenvalue weighted by atomic mass is 16.2. The third-order valence-corrected chi connectivity index (χ3v) is 2.61. The van der Waals surface area contributed by atoms with Crippen LogP contribution in [0.25, 0.3) is 0 Å². The molecule has 0 saturated carbocycles. The molecule has 1 fully saturated rings. The minimum absolute atomic E-state index is 0.106. The lowest BCUT2D eigenvalue weighted by Crippen LogP contribution is -2.56. The van der Waals surface area contributed by atoms with Crippen LogP contribution in [0.3, 0.4) is 0 Å². The highest BCUT2D eigenvalue weighted by Gasteiger charge is 2.32. The number of amides is 2. The number of hydrogen-bond donors (Lipinski definition) is 2. The van der Waals surface area contributed by atoms with E-state index >= 15 is 0 Å². The number of piperazine rings is 1. The van der Waals surface area contributed by atoms with Crippen molar-refractivity contribution in [3.8, 4) is 0 Å². The third kappa shape index (κ3) is 1.75. The second kappa shape index (κ2) is 4.30. The second-order valence-corrected chi connectivity index (χ2v) is 3.57. The van der Waals surface area contributed by atoms with Crippen molar-refractivity contribution in [3.63, 3.8) is 0 Å². The number of nitrogens with zero attached hydrogens (tertiary/aromatic N) is 3. The van der Waals surface area contributed by atoms with Crippen molar-refractivity contribution in [3.05, 3.63) is 11.9 Å². The van der Waals surface area contributed by atoms with E-state index in [1.165, 1.54) is 11.1 Å². The summed E-state index contributed by atoms with van der Waals surface area (Å²) in [6.45, 7) is 2.87. The van der Waals surface area contributed by atoms with E-state index in [-0.39, 0.29) is 17.5 Å². The molecule has 1 unspecified atom stereocenters. The van der Waals surface area contributed by atoms with Gasteiger partial charge in [0.1, 0.15) is 6.04 Å². The highest BCUT2D eigenvalue weighted by Crippen LogP contribution is 2.11. The summed E-state index contributed by atoms with van der Waals surface area (Å²) in [6.07, 6.45) is 1.96. The number of nitrogens with one attached hydrogen (secondary N) is 2. The first-order valence-corrected chi connectivity index (χ1v) is 5.18. The van der Waals surface area contributed by atoms with Crippen molar-refractivity contribution in [2.24, 2.45) is 0 Å². The Hall–Kier alpha value is -1.92. The Kier molecular flexibility index (Phi) is 2.84. The van der Waals surface area contributed by atoms with Crippen molar-refractivity contribution in [2.75, 3.05) is 13.1 Å². The van der Waals surface area contributed by atoms with E-state index in [2.05, 4.69) is 20.7 Å². The smallest absolute Gasteiger partial charge is 0.276 e. The van der Waals surface area contributed by atoms with E-state index in [0.717, 1.165) is 0 Å². The van der Waals surface area contributed by atoms with Gasteiger partial charge in [0.15, 0.2) is 5.69 Å². The highest BCUT2D eigenvalue weighted by molar-refractivity contribution is 5.96. The van der Waals surface area contributed by atoms with E-state index in [1.54, 1.807) is 0 Å². The molecule has 1 aromatic rings. The van der Waals surface area contributed by atoms with Gasteiger partial charge in [0.2, 0.25) is 5.91 Å². The summed E-state index contributed by atoms with van der Waals surface area (Å²) in [7, 11) is 0. The van der Waals surface area contributed by atoms with E-state index in [0.29, 0.717) is 19.5 Å². The van der Waals surface area contributed by atoms with Gasteiger partial charge in [0, 0.05) is 13.1 Å². The van der Waals surface area contributed by atoms with Crippen LogP contribution < -0.4 is 5.32 Å². The van der Waals surface area contributed by atoms with Crippen LogP contribution in [0.15, 0.2) is 6.20 Å². The fourth-order valence-corrected chi connectivity index (χ4v) is 1.82. The Morgan fingerprint density at radius 2 is 2.50 bits per heavy atom. The van der Waals surface area contributed by atoms with Crippen LogP contribution in [-0.4, -0.2) is 51.3 Å². The Balaban J connectivity index is 2.18. The van der Waals surface area contributed by atoms with Gasteiger partial charge < -0.3 is 10.2 Å². The minimum Gasteiger partial charge on any atom is -0.353 e. The molecule has 7 heteroatoms. The number of aromatic amines is 1. The minimum atomic E-state index is -0.405. The molecule has 2 heterocycles.